The van der Waals surface area contributed by atoms with Crippen molar-refractivity contribution in [2.45, 2.75) is 52.8 Å². The van der Waals surface area contributed by atoms with E-state index in [-0.39, 0.29) is 36.0 Å². The van der Waals surface area contributed by atoms with E-state index in [0.717, 1.165) is 0 Å². The Hall–Kier alpha value is -1.89. The van der Waals surface area contributed by atoms with Gasteiger partial charge in [-0.3, -0.25) is 0 Å². The lowest BCUT2D eigenvalue weighted by Crippen LogP contribution is -2.35. The van der Waals surface area contributed by atoms with Crippen molar-refractivity contribution in [1.29, 1.82) is 0 Å². The summed E-state index contributed by atoms with van der Waals surface area (Å²) in [6.45, 7) is 14.2. The highest BCUT2D eigenvalue weighted by molar-refractivity contribution is 6.85. The van der Waals surface area contributed by atoms with Crippen molar-refractivity contribution in [1.82, 2.24) is 0 Å². The molecule has 0 aliphatic carbocycles. The third kappa shape index (κ3) is 4.81. The highest BCUT2D eigenvalue weighted by atomic mass is 28.3. The Labute approximate surface area is 150 Å². The number of rotatable bonds is 5. The van der Waals surface area contributed by atoms with Crippen molar-refractivity contribution in [3.8, 4) is 0 Å². The molecule has 1 saturated heterocycles. The summed E-state index contributed by atoms with van der Waals surface area (Å²) >= 11 is 0. The van der Waals surface area contributed by atoms with E-state index < -0.39 is 26.0 Å². The first-order valence-corrected chi connectivity index (χ1v) is 11.5. The molecule has 25 heavy (non-hydrogen) atoms. The highest BCUT2D eigenvalue weighted by Crippen LogP contribution is 2.39. The number of carbonyl (C=O) groups is 3. The minimum Gasteiger partial charge on any atom is -0.462 e. The second-order valence-corrected chi connectivity index (χ2v) is 12.6. The van der Waals surface area contributed by atoms with E-state index in [9.17, 15) is 14.4 Å². The molecule has 0 aromatic heterocycles. The number of hydrogen-bond donors (Lipinski definition) is 0. The number of ether oxygens (including phenoxy) is 3. The fourth-order valence-electron chi connectivity index (χ4n) is 2.14. The molecule has 0 N–H and O–H groups in total. The van der Waals surface area contributed by atoms with Crippen LogP contribution in [0, 0.1) is 0 Å². The third-order valence-corrected chi connectivity index (χ3v) is 9.50. The molecular formula is C18H28O6Si. The third-order valence-electron chi connectivity index (χ3n) is 4.56. The van der Waals surface area contributed by atoms with Crippen LogP contribution in [0.25, 0.3) is 0 Å². The second kappa shape index (κ2) is 7.99. The van der Waals surface area contributed by atoms with E-state index in [2.05, 4.69) is 33.9 Å². The zero-order valence-electron chi connectivity index (χ0n) is 16.1. The minimum absolute atomic E-state index is 0.0262. The fourth-order valence-corrected chi connectivity index (χ4v) is 3.67. The van der Waals surface area contributed by atoms with Gasteiger partial charge in [-0.25, -0.2) is 14.4 Å². The maximum absolute atomic E-state index is 12.3. The van der Waals surface area contributed by atoms with Crippen molar-refractivity contribution in [3.63, 3.8) is 0 Å². The molecule has 0 saturated carbocycles. The SMILES string of the molecule is CCOC(=O)C(C(=O)OCC)=C1C(=O)OC/C1=C\[Si](C)(C)C(C)(C)C. The maximum atomic E-state index is 12.3. The molecule has 0 bridgehead atoms. The molecule has 1 fully saturated rings. The van der Waals surface area contributed by atoms with Crippen molar-refractivity contribution in [2.24, 2.45) is 0 Å². The van der Waals surface area contributed by atoms with Gasteiger partial charge in [-0.15, -0.1) is 0 Å². The molecule has 0 amide bonds. The van der Waals surface area contributed by atoms with Crippen LogP contribution in [0.2, 0.25) is 18.1 Å². The standard InChI is InChI=1S/C18H28O6Si/c1-8-22-16(20)14(17(21)23-9-2)13-12(10-24-15(13)19)11-25(6,7)18(3,4)5/h11H,8-10H2,1-7H3/b12-11+. The van der Waals surface area contributed by atoms with Crippen LogP contribution in [0.15, 0.2) is 22.4 Å². The van der Waals surface area contributed by atoms with E-state index in [1.165, 1.54) is 0 Å². The van der Waals surface area contributed by atoms with Crippen LogP contribution in [0.5, 0.6) is 0 Å². The van der Waals surface area contributed by atoms with Gasteiger partial charge in [0.25, 0.3) is 0 Å². The Balaban J connectivity index is 3.55. The van der Waals surface area contributed by atoms with E-state index in [4.69, 9.17) is 14.2 Å². The number of carbonyl (C=O) groups excluding carboxylic acids is 3. The van der Waals surface area contributed by atoms with Gasteiger partial charge in [-0.05, 0) is 24.5 Å². The zero-order chi connectivity index (χ0) is 19.4. The van der Waals surface area contributed by atoms with E-state index in [1.54, 1.807) is 13.8 Å². The Bertz CT molecular complexity index is 602. The maximum Gasteiger partial charge on any atom is 0.346 e. The van der Waals surface area contributed by atoms with Crippen molar-refractivity contribution in [2.75, 3.05) is 19.8 Å². The monoisotopic (exact) mass is 368 g/mol. The van der Waals surface area contributed by atoms with Crippen molar-refractivity contribution < 1.29 is 28.6 Å². The molecule has 0 spiro atoms. The predicted molar refractivity (Wildman–Crippen MR) is 96.5 cm³/mol. The Kier molecular flexibility index (Phi) is 6.76. The van der Waals surface area contributed by atoms with Gasteiger partial charge in [-0.2, -0.15) is 0 Å². The first-order chi connectivity index (χ1) is 11.5. The van der Waals surface area contributed by atoms with E-state index >= 15 is 0 Å². The van der Waals surface area contributed by atoms with Crippen LogP contribution in [-0.4, -0.2) is 45.8 Å². The normalized spacial score (nSPS) is 16.7. The van der Waals surface area contributed by atoms with Gasteiger partial charge in [0.1, 0.15) is 6.61 Å². The number of hydrogen-bond acceptors (Lipinski definition) is 6. The quantitative estimate of drug-likeness (QED) is 0.185. The fraction of sp³-hybridized carbons (Fsp3) is 0.611. The molecule has 0 radical (unpaired) electrons. The first-order valence-electron chi connectivity index (χ1n) is 8.44. The van der Waals surface area contributed by atoms with Gasteiger partial charge in [-0.1, -0.05) is 39.6 Å². The Morgan fingerprint density at radius 1 is 1.12 bits per heavy atom. The van der Waals surface area contributed by atoms with Crippen molar-refractivity contribution >= 4 is 26.0 Å². The summed E-state index contributed by atoms with van der Waals surface area (Å²) in [5, 5.41) is 0.0325. The first kappa shape index (κ1) is 21.2. The van der Waals surface area contributed by atoms with Crippen molar-refractivity contribution in [3.05, 3.63) is 22.4 Å². The molecule has 0 unspecified atom stereocenters. The summed E-state index contributed by atoms with van der Waals surface area (Å²) in [5.41, 5.74) is 2.18. The van der Waals surface area contributed by atoms with Crippen LogP contribution < -0.4 is 0 Å². The minimum atomic E-state index is -1.93. The molecule has 6 nitrogen and oxygen atoms in total. The Morgan fingerprint density at radius 2 is 1.60 bits per heavy atom. The summed E-state index contributed by atoms with van der Waals surface area (Å²) in [6, 6.07) is 0. The lowest BCUT2D eigenvalue weighted by Gasteiger charge is -2.34. The molecular weight excluding hydrogens is 340 g/mol. The van der Waals surface area contributed by atoms with Gasteiger partial charge in [0, 0.05) is 0 Å². The van der Waals surface area contributed by atoms with Gasteiger partial charge < -0.3 is 14.2 Å². The molecule has 1 heterocycles. The second-order valence-electron chi connectivity index (χ2n) is 7.41. The number of esters is 3. The van der Waals surface area contributed by atoms with Gasteiger partial charge >= 0.3 is 17.9 Å². The lowest BCUT2D eigenvalue weighted by molar-refractivity contribution is -0.147. The molecule has 0 atom stereocenters. The van der Waals surface area contributed by atoms with E-state index in [0.29, 0.717) is 5.57 Å². The molecule has 7 heteroatoms. The van der Waals surface area contributed by atoms with E-state index in [1.807, 2.05) is 5.70 Å². The summed E-state index contributed by atoms with van der Waals surface area (Å²) in [7, 11) is -1.93. The number of cyclic esters (lactones) is 1. The van der Waals surface area contributed by atoms with Gasteiger partial charge in [0.2, 0.25) is 0 Å². The lowest BCUT2D eigenvalue weighted by atomic mass is 10.0. The van der Waals surface area contributed by atoms with Gasteiger partial charge in [0.15, 0.2) is 5.57 Å². The largest absolute Gasteiger partial charge is 0.462 e. The zero-order valence-corrected chi connectivity index (χ0v) is 17.1. The smallest absolute Gasteiger partial charge is 0.346 e. The molecule has 1 rings (SSSR count). The summed E-state index contributed by atoms with van der Waals surface area (Å²) in [4.78, 5) is 36.8. The molecule has 0 aromatic carbocycles. The average molecular weight is 369 g/mol. The predicted octanol–water partition coefficient (Wildman–Crippen LogP) is 2.94. The van der Waals surface area contributed by atoms with Gasteiger partial charge in [0.05, 0.1) is 26.9 Å². The molecule has 1 aliphatic heterocycles. The molecule has 1 aliphatic rings. The topological polar surface area (TPSA) is 78.9 Å². The van der Waals surface area contributed by atoms with Crippen LogP contribution in [0.3, 0.4) is 0 Å². The molecule has 140 valence electrons. The van der Waals surface area contributed by atoms with Crippen LogP contribution >= 0.6 is 0 Å². The summed E-state index contributed by atoms with van der Waals surface area (Å²) in [5.74, 6) is -2.42. The average Bonchev–Trinajstić information content (AvgIpc) is 2.80. The highest BCUT2D eigenvalue weighted by Gasteiger charge is 2.40. The van der Waals surface area contributed by atoms with Crippen LogP contribution in [-0.2, 0) is 28.6 Å². The molecule has 0 aromatic rings. The Morgan fingerprint density at radius 3 is 2.00 bits per heavy atom. The van der Waals surface area contributed by atoms with Crippen LogP contribution in [0.1, 0.15) is 34.6 Å². The van der Waals surface area contributed by atoms with Crippen LogP contribution in [0.4, 0.5) is 0 Å². The summed E-state index contributed by atoms with van der Waals surface area (Å²) < 4.78 is 15.0. The summed E-state index contributed by atoms with van der Waals surface area (Å²) in [6.07, 6.45) is 0.